The fourth-order valence-corrected chi connectivity index (χ4v) is 3.58. The van der Waals surface area contributed by atoms with Gasteiger partial charge in [-0.3, -0.25) is 4.90 Å². The molecule has 4 heteroatoms. The largest absolute Gasteiger partial charge is 0.333 e. The lowest BCUT2D eigenvalue weighted by atomic mass is 9.83. The molecule has 0 bridgehead atoms. The van der Waals surface area contributed by atoms with Crippen molar-refractivity contribution >= 4 is 0 Å². The average Bonchev–Trinajstić information content (AvgIpc) is 2.96. The van der Waals surface area contributed by atoms with Gasteiger partial charge < -0.3 is 10.3 Å². The summed E-state index contributed by atoms with van der Waals surface area (Å²) in [6.45, 7) is 6.10. The zero-order chi connectivity index (χ0) is 14.5. The Labute approximate surface area is 123 Å². The second kappa shape index (κ2) is 7.23. The highest BCUT2D eigenvalue weighted by Gasteiger charge is 2.28. The third-order valence-corrected chi connectivity index (χ3v) is 5.11. The molecule has 0 aliphatic heterocycles. The standard InChI is InChI=1S/C16H30N4/c1-4-13-6-8-14(9-7-13)19(3)15(10-17)16-11-18-12-20(16)5-2/h11-15H,4-10,17H2,1-3H3. The maximum atomic E-state index is 6.07. The van der Waals surface area contributed by atoms with Gasteiger partial charge in [0.1, 0.15) is 0 Å². The van der Waals surface area contributed by atoms with E-state index in [0.717, 1.165) is 12.5 Å². The lowest BCUT2D eigenvalue weighted by Gasteiger charge is -2.38. The lowest BCUT2D eigenvalue weighted by molar-refractivity contribution is 0.118. The highest BCUT2D eigenvalue weighted by atomic mass is 15.2. The number of hydrogen-bond donors (Lipinski definition) is 1. The number of hydrogen-bond acceptors (Lipinski definition) is 3. The van der Waals surface area contributed by atoms with E-state index in [-0.39, 0.29) is 0 Å². The Kier molecular flexibility index (Phi) is 5.61. The number of likely N-dealkylation sites (N-methyl/N-ethyl adjacent to an activating group) is 1. The van der Waals surface area contributed by atoms with Crippen LogP contribution >= 0.6 is 0 Å². The Morgan fingerprint density at radius 2 is 2.05 bits per heavy atom. The van der Waals surface area contributed by atoms with E-state index in [9.17, 15) is 0 Å². The summed E-state index contributed by atoms with van der Waals surface area (Å²) in [5.41, 5.74) is 7.33. The first-order valence-electron chi connectivity index (χ1n) is 8.13. The molecule has 1 aromatic heterocycles. The molecule has 4 nitrogen and oxygen atoms in total. The van der Waals surface area contributed by atoms with Crippen LogP contribution in [0.4, 0.5) is 0 Å². The molecule has 1 aromatic rings. The van der Waals surface area contributed by atoms with Crippen molar-refractivity contribution in [3.8, 4) is 0 Å². The summed E-state index contributed by atoms with van der Waals surface area (Å²) in [5.74, 6) is 0.942. The SMILES string of the molecule is CCC1CCC(N(C)C(CN)c2cncn2CC)CC1. The summed E-state index contributed by atoms with van der Waals surface area (Å²) < 4.78 is 2.21. The van der Waals surface area contributed by atoms with Gasteiger partial charge in [0.15, 0.2) is 0 Å². The van der Waals surface area contributed by atoms with Gasteiger partial charge in [0, 0.05) is 25.3 Å². The van der Waals surface area contributed by atoms with Gasteiger partial charge in [-0.05, 0) is 45.6 Å². The molecule has 1 fully saturated rings. The molecule has 0 saturated heterocycles. The summed E-state index contributed by atoms with van der Waals surface area (Å²) in [4.78, 5) is 6.79. The van der Waals surface area contributed by atoms with Crippen molar-refractivity contribution in [1.29, 1.82) is 0 Å². The highest BCUT2D eigenvalue weighted by molar-refractivity contribution is 5.07. The summed E-state index contributed by atoms with van der Waals surface area (Å²) in [7, 11) is 2.24. The number of aryl methyl sites for hydroxylation is 1. The van der Waals surface area contributed by atoms with Crippen LogP contribution in [0.25, 0.3) is 0 Å². The van der Waals surface area contributed by atoms with Crippen LogP contribution in [0, 0.1) is 5.92 Å². The Bertz CT molecular complexity index is 393. The number of aromatic nitrogens is 2. The molecule has 1 aliphatic carbocycles. The first-order valence-corrected chi connectivity index (χ1v) is 8.13. The molecule has 0 radical (unpaired) electrons. The van der Waals surface area contributed by atoms with Crippen molar-refractivity contribution in [2.24, 2.45) is 11.7 Å². The molecule has 1 heterocycles. The number of nitrogens with zero attached hydrogens (tertiary/aromatic N) is 3. The Hall–Kier alpha value is -0.870. The van der Waals surface area contributed by atoms with E-state index >= 15 is 0 Å². The third-order valence-electron chi connectivity index (χ3n) is 5.11. The van der Waals surface area contributed by atoms with E-state index in [2.05, 4.69) is 35.3 Å². The zero-order valence-electron chi connectivity index (χ0n) is 13.3. The molecule has 2 N–H and O–H groups in total. The van der Waals surface area contributed by atoms with E-state index in [1.54, 1.807) is 0 Å². The second-order valence-corrected chi connectivity index (χ2v) is 6.10. The fraction of sp³-hybridized carbons (Fsp3) is 0.812. The van der Waals surface area contributed by atoms with Crippen LogP contribution in [0.1, 0.15) is 57.7 Å². The van der Waals surface area contributed by atoms with Crippen molar-refractivity contribution in [3.63, 3.8) is 0 Å². The summed E-state index contributed by atoms with van der Waals surface area (Å²) >= 11 is 0. The number of rotatable bonds is 6. The van der Waals surface area contributed by atoms with Gasteiger partial charge in [-0.25, -0.2) is 4.98 Å². The van der Waals surface area contributed by atoms with Gasteiger partial charge in [0.25, 0.3) is 0 Å². The zero-order valence-corrected chi connectivity index (χ0v) is 13.3. The molecule has 1 atom stereocenters. The Balaban J connectivity index is 2.04. The van der Waals surface area contributed by atoms with Gasteiger partial charge in [-0.1, -0.05) is 13.3 Å². The summed E-state index contributed by atoms with van der Waals surface area (Å²) in [5, 5.41) is 0. The van der Waals surface area contributed by atoms with E-state index in [4.69, 9.17) is 5.73 Å². The maximum absolute atomic E-state index is 6.07. The van der Waals surface area contributed by atoms with Crippen molar-refractivity contribution < 1.29 is 0 Å². The summed E-state index contributed by atoms with van der Waals surface area (Å²) in [6, 6.07) is 0.965. The molecular weight excluding hydrogens is 248 g/mol. The van der Waals surface area contributed by atoms with Crippen LogP contribution < -0.4 is 5.73 Å². The number of imidazole rings is 1. The molecule has 1 saturated carbocycles. The van der Waals surface area contributed by atoms with Gasteiger partial charge in [0.05, 0.1) is 18.1 Å². The monoisotopic (exact) mass is 278 g/mol. The van der Waals surface area contributed by atoms with Crippen LogP contribution in [-0.4, -0.2) is 34.1 Å². The molecular formula is C16H30N4. The molecule has 0 amide bonds. The molecule has 0 spiro atoms. The first kappa shape index (κ1) is 15.5. The minimum atomic E-state index is 0.292. The molecule has 20 heavy (non-hydrogen) atoms. The summed E-state index contributed by atoms with van der Waals surface area (Å²) in [6.07, 6.45) is 10.6. The molecule has 2 rings (SSSR count). The average molecular weight is 278 g/mol. The van der Waals surface area contributed by atoms with E-state index < -0.39 is 0 Å². The van der Waals surface area contributed by atoms with E-state index in [1.807, 2.05) is 12.5 Å². The lowest BCUT2D eigenvalue weighted by Crippen LogP contribution is -2.41. The normalized spacial score (nSPS) is 25.1. The van der Waals surface area contributed by atoms with Crippen LogP contribution in [-0.2, 0) is 6.54 Å². The van der Waals surface area contributed by atoms with Crippen molar-refractivity contribution in [3.05, 3.63) is 18.2 Å². The minimum absolute atomic E-state index is 0.292. The van der Waals surface area contributed by atoms with Crippen molar-refractivity contribution in [2.75, 3.05) is 13.6 Å². The first-order chi connectivity index (χ1) is 9.71. The van der Waals surface area contributed by atoms with Crippen LogP contribution in [0.5, 0.6) is 0 Å². The van der Waals surface area contributed by atoms with Gasteiger partial charge in [0.2, 0.25) is 0 Å². The smallest absolute Gasteiger partial charge is 0.0948 e. The molecule has 0 aromatic carbocycles. The molecule has 1 aliphatic rings. The van der Waals surface area contributed by atoms with Gasteiger partial charge >= 0.3 is 0 Å². The Morgan fingerprint density at radius 1 is 1.35 bits per heavy atom. The van der Waals surface area contributed by atoms with Crippen molar-refractivity contribution in [2.45, 2.75) is 64.6 Å². The van der Waals surface area contributed by atoms with E-state index in [1.165, 1.54) is 37.8 Å². The molecule has 114 valence electrons. The fourth-order valence-electron chi connectivity index (χ4n) is 3.58. The van der Waals surface area contributed by atoms with Gasteiger partial charge in [-0.2, -0.15) is 0 Å². The topological polar surface area (TPSA) is 47.1 Å². The highest BCUT2D eigenvalue weighted by Crippen LogP contribution is 2.32. The predicted octanol–water partition coefficient (Wildman–Crippen LogP) is 2.80. The predicted molar refractivity (Wildman–Crippen MR) is 83.5 cm³/mol. The van der Waals surface area contributed by atoms with Crippen LogP contribution in [0.3, 0.4) is 0 Å². The second-order valence-electron chi connectivity index (χ2n) is 6.10. The van der Waals surface area contributed by atoms with Crippen molar-refractivity contribution in [1.82, 2.24) is 14.5 Å². The van der Waals surface area contributed by atoms with Crippen LogP contribution in [0.2, 0.25) is 0 Å². The van der Waals surface area contributed by atoms with Gasteiger partial charge in [-0.15, -0.1) is 0 Å². The van der Waals surface area contributed by atoms with E-state index in [0.29, 0.717) is 18.6 Å². The quantitative estimate of drug-likeness (QED) is 0.870. The Morgan fingerprint density at radius 3 is 2.60 bits per heavy atom. The third kappa shape index (κ3) is 3.23. The maximum Gasteiger partial charge on any atom is 0.0948 e. The number of nitrogens with two attached hydrogens (primary N) is 1. The van der Waals surface area contributed by atoms with Crippen LogP contribution in [0.15, 0.2) is 12.5 Å². The molecule has 1 unspecified atom stereocenters. The minimum Gasteiger partial charge on any atom is -0.333 e.